The monoisotopic (exact) mass is 484 g/mol. The Morgan fingerprint density at radius 2 is 1.83 bits per heavy atom. The molecule has 0 aliphatic rings. The number of anilines is 2. The van der Waals surface area contributed by atoms with Crippen LogP contribution in [0.25, 0.3) is 16.9 Å². The van der Waals surface area contributed by atoms with Crippen molar-refractivity contribution in [1.29, 1.82) is 0 Å². The Morgan fingerprint density at radius 1 is 1.03 bits per heavy atom. The molecule has 2 amide bonds. The Bertz CT molecular complexity index is 1590. The molecule has 5 aromatic rings. The minimum absolute atomic E-state index is 0.199. The van der Waals surface area contributed by atoms with E-state index in [4.69, 9.17) is 14.3 Å². The molecular formula is C26H24N6O4. The third-order valence-corrected chi connectivity index (χ3v) is 5.32. The number of aromatic amines is 1. The van der Waals surface area contributed by atoms with Gasteiger partial charge in [-0.3, -0.25) is 10.3 Å². The summed E-state index contributed by atoms with van der Waals surface area (Å²) in [6, 6.07) is 19.5. The van der Waals surface area contributed by atoms with Crippen LogP contribution < -0.4 is 21.1 Å². The molecule has 3 aromatic heterocycles. The van der Waals surface area contributed by atoms with Crippen LogP contribution in [0.5, 0.6) is 11.5 Å². The summed E-state index contributed by atoms with van der Waals surface area (Å²) >= 11 is 0. The summed E-state index contributed by atoms with van der Waals surface area (Å²) in [5.41, 5.74) is 2.48. The van der Waals surface area contributed by atoms with Crippen molar-refractivity contribution in [2.24, 2.45) is 0 Å². The Hall–Kier alpha value is -4.86. The molecule has 0 radical (unpaired) electrons. The van der Waals surface area contributed by atoms with E-state index in [1.54, 1.807) is 35.0 Å². The number of carbonyl (C=O) groups excluding carboxylic acids is 1. The number of oxazole rings is 1. The van der Waals surface area contributed by atoms with Gasteiger partial charge in [-0.05, 0) is 24.3 Å². The topological polar surface area (TPSA) is 127 Å². The van der Waals surface area contributed by atoms with Gasteiger partial charge in [0.15, 0.2) is 11.4 Å². The fourth-order valence-corrected chi connectivity index (χ4v) is 3.56. The second-order valence-electron chi connectivity index (χ2n) is 9.12. The summed E-state index contributed by atoms with van der Waals surface area (Å²) in [6.45, 7) is 6.19. The zero-order valence-electron chi connectivity index (χ0n) is 19.9. The standard InChI is InChI=1S/C26H24N6O4/c1-26(2,3)20-15-21(32(31-20)17-9-5-4-6-10-17)29-24(33)28-16-8-7-11-18(14-16)35-19-12-13-27-23-22(19)36-25(34)30-23/h4-15H,1-3H3,(H,27,30,34)(H2,28,29,33). The van der Waals surface area contributed by atoms with E-state index in [9.17, 15) is 9.59 Å². The fraction of sp³-hybridized carbons (Fsp3) is 0.154. The number of carbonyl (C=O) groups is 1. The number of hydrogen-bond donors (Lipinski definition) is 3. The van der Waals surface area contributed by atoms with E-state index in [-0.39, 0.29) is 16.6 Å². The van der Waals surface area contributed by atoms with E-state index in [1.807, 2.05) is 36.4 Å². The third kappa shape index (κ3) is 4.83. The smallest absolute Gasteiger partial charge is 0.418 e. The first-order valence-corrected chi connectivity index (χ1v) is 11.3. The Balaban J connectivity index is 1.35. The predicted molar refractivity (Wildman–Crippen MR) is 136 cm³/mol. The van der Waals surface area contributed by atoms with Crippen LogP contribution >= 0.6 is 0 Å². The van der Waals surface area contributed by atoms with Crippen molar-refractivity contribution in [1.82, 2.24) is 19.7 Å². The van der Waals surface area contributed by atoms with Gasteiger partial charge in [-0.1, -0.05) is 45.0 Å². The second kappa shape index (κ2) is 9.06. The maximum atomic E-state index is 12.9. The lowest BCUT2D eigenvalue weighted by Crippen LogP contribution is -2.21. The van der Waals surface area contributed by atoms with Crippen LogP contribution in [0.4, 0.5) is 16.3 Å². The van der Waals surface area contributed by atoms with E-state index < -0.39 is 11.8 Å². The lowest BCUT2D eigenvalue weighted by Gasteiger charge is -2.14. The molecule has 0 unspecified atom stereocenters. The number of nitrogens with zero attached hydrogens (tertiary/aromatic N) is 3. The van der Waals surface area contributed by atoms with Crippen molar-refractivity contribution in [3.63, 3.8) is 0 Å². The van der Waals surface area contributed by atoms with Crippen LogP contribution in [0.15, 0.2) is 82.1 Å². The summed E-state index contributed by atoms with van der Waals surface area (Å²) in [4.78, 5) is 30.9. The number of amides is 2. The van der Waals surface area contributed by atoms with Gasteiger partial charge in [0.2, 0.25) is 5.58 Å². The summed E-state index contributed by atoms with van der Waals surface area (Å²) in [5.74, 6) is 0.678. The van der Waals surface area contributed by atoms with E-state index in [0.717, 1.165) is 11.4 Å². The van der Waals surface area contributed by atoms with E-state index in [0.29, 0.717) is 23.0 Å². The lowest BCUT2D eigenvalue weighted by molar-refractivity contribution is 0.262. The molecule has 182 valence electrons. The number of fused-ring (bicyclic) bond motifs is 1. The van der Waals surface area contributed by atoms with Crippen molar-refractivity contribution in [2.75, 3.05) is 10.6 Å². The zero-order valence-corrected chi connectivity index (χ0v) is 19.9. The molecule has 36 heavy (non-hydrogen) atoms. The molecule has 3 N–H and O–H groups in total. The third-order valence-electron chi connectivity index (χ3n) is 5.32. The zero-order chi connectivity index (χ0) is 25.3. The molecule has 0 bridgehead atoms. The van der Waals surface area contributed by atoms with Crippen LogP contribution in [0, 0.1) is 0 Å². The second-order valence-corrected chi connectivity index (χ2v) is 9.12. The van der Waals surface area contributed by atoms with Gasteiger partial charge in [0.1, 0.15) is 11.6 Å². The number of nitrogens with one attached hydrogen (secondary N) is 3. The van der Waals surface area contributed by atoms with Crippen molar-refractivity contribution >= 4 is 28.8 Å². The van der Waals surface area contributed by atoms with Crippen molar-refractivity contribution < 1.29 is 13.9 Å². The summed E-state index contributed by atoms with van der Waals surface area (Å²) < 4.78 is 12.7. The van der Waals surface area contributed by atoms with Crippen molar-refractivity contribution in [2.45, 2.75) is 26.2 Å². The average Bonchev–Trinajstić information content (AvgIpc) is 3.43. The number of rotatable bonds is 5. The Labute approximate surface area is 205 Å². The minimum Gasteiger partial charge on any atom is -0.453 e. The first-order valence-electron chi connectivity index (χ1n) is 11.3. The Kier molecular flexibility index (Phi) is 5.77. The number of para-hydroxylation sites is 1. The SMILES string of the molecule is CC(C)(C)c1cc(NC(=O)Nc2cccc(Oc3ccnc4[nH]c(=O)oc34)c2)n(-c2ccccc2)n1. The van der Waals surface area contributed by atoms with Gasteiger partial charge in [0.25, 0.3) is 0 Å². The molecule has 10 heteroatoms. The lowest BCUT2D eigenvalue weighted by atomic mass is 9.92. The molecule has 5 rings (SSSR count). The van der Waals surface area contributed by atoms with Crippen LogP contribution in [-0.2, 0) is 5.41 Å². The maximum Gasteiger partial charge on any atom is 0.418 e. The first kappa shape index (κ1) is 22.9. The molecule has 0 spiro atoms. The first-order chi connectivity index (χ1) is 17.3. The number of pyridine rings is 1. The summed E-state index contributed by atoms with van der Waals surface area (Å²) in [7, 11) is 0. The van der Waals surface area contributed by atoms with E-state index in [2.05, 4.69) is 41.4 Å². The highest BCUT2D eigenvalue weighted by molar-refractivity contribution is 5.99. The maximum absolute atomic E-state index is 12.9. The minimum atomic E-state index is -0.620. The average molecular weight is 485 g/mol. The highest BCUT2D eigenvalue weighted by Gasteiger charge is 2.21. The number of aromatic nitrogens is 4. The molecule has 10 nitrogen and oxygen atoms in total. The molecule has 2 aromatic carbocycles. The number of benzene rings is 2. The van der Waals surface area contributed by atoms with Crippen molar-refractivity contribution in [3.05, 3.63) is 89.2 Å². The molecule has 0 atom stereocenters. The van der Waals surface area contributed by atoms with Crippen LogP contribution in [0.3, 0.4) is 0 Å². The number of H-pyrrole nitrogens is 1. The van der Waals surface area contributed by atoms with E-state index >= 15 is 0 Å². The largest absolute Gasteiger partial charge is 0.453 e. The molecule has 0 saturated heterocycles. The molecule has 0 aliphatic carbocycles. The normalized spacial score (nSPS) is 11.4. The highest BCUT2D eigenvalue weighted by atomic mass is 16.5. The van der Waals surface area contributed by atoms with Gasteiger partial charge in [0, 0.05) is 35.5 Å². The summed E-state index contributed by atoms with van der Waals surface area (Å²) in [6.07, 6.45) is 1.50. The van der Waals surface area contributed by atoms with Crippen molar-refractivity contribution in [3.8, 4) is 17.2 Å². The molecular weight excluding hydrogens is 460 g/mol. The Morgan fingerprint density at radius 3 is 2.61 bits per heavy atom. The van der Waals surface area contributed by atoms with Gasteiger partial charge >= 0.3 is 11.8 Å². The quantitative estimate of drug-likeness (QED) is 0.305. The molecule has 0 fully saturated rings. The van der Waals surface area contributed by atoms with E-state index in [1.165, 1.54) is 6.20 Å². The van der Waals surface area contributed by atoms with Gasteiger partial charge in [-0.25, -0.2) is 19.3 Å². The van der Waals surface area contributed by atoms with Crippen LogP contribution in [0.1, 0.15) is 26.5 Å². The number of ether oxygens (including phenoxy) is 1. The molecule has 3 heterocycles. The van der Waals surface area contributed by atoms with Crippen LogP contribution in [0.2, 0.25) is 0 Å². The molecule has 0 aliphatic heterocycles. The van der Waals surface area contributed by atoms with Gasteiger partial charge in [0.05, 0.1) is 11.4 Å². The summed E-state index contributed by atoms with van der Waals surface area (Å²) in [5, 5.41) is 10.4. The van der Waals surface area contributed by atoms with Gasteiger partial charge in [-0.2, -0.15) is 5.10 Å². The number of hydrogen-bond acceptors (Lipinski definition) is 6. The predicted octanol–water partition coefficient (Wildman–Crippen LogP) is 5.44. The highest BCUT2D eigenvalue weighted by Crippen LogP contribution is 2.29. The fourth-order valence-electron chi connectivity index (χ4n) is 3.56. The molecule has 0 saturated carbocycles. The van der Waals surface area contributed by atoms with Crippen LogP contribution in [-0.4, -0.2) is 25.8 Å². The number of urea groups is 1. The van der Waals surface area contributed by atoms with Gasteiger partial charge < -0.3 is 14.5 Å². The van der Waals surface area contributed by atoms with Gasteiger partial charge in [-0.15, -0.1) is 0 Å².